The third kappa shape index (κ3) is 5.06. The van der Waals surface area contributed by atoms with Gasteiger partial charge in [0.1, 0.15) is 41.0 Å². The summed E-state index contributed by atoms with van der Waals surface area (Å²) < 4.78 is 50.0. The molecular formula is C29H24F3N7O2. The third-order valence-electron chi connectivity index (χ3n) is 7.30. The lowest BCUT2D eigenvalue weighted by Crippen LogP contribution is -2.39. The van der Waals surface area contributed by atoms with Crippen molar-refractivity contribution in [2.45, 2.75) is 38.3 Å². The Morgan fingerprint density at radius 1 is 1.15 bits per heavy atom. The SMILES string of the molecule is N#C/C(=C\C1CC1)C(=O)N1CCC[C@@H]1Cn1nc(-c2ccc(Oc3cccc(F)c3F)cc2F)c2c(N)ncnc21. The van der Waals surface area contributed by atoms with Gasteiger partial charge in [0.05, 0.1) is 18.0 Å². The Balaban J connectivity index is 1.32. The maximum absolute atomic E-state index is 15.4. The number of benzene rings is 2. The van der Waals surface area contributed by atoms with Crippen LogP contribution in [0, 0.1) is 34.7 Å². The maximum atomic E-state index is 15.4. The molecule has 0 spiro atoms. The number of amides is 1. The van der Waals surface area contributed by atoms with Gasteiger partial charge in [0.15, 0.2) is 17.2 Å². The molecular weight excluding hydrogens is 535 g/mol. The average Bonchev–Trinajstić information content (AvgIpc) is 3.54. The van der Waals surface area contributed by atoms with E-state index in [0.717, 1.165) is 31.4 Å². The van der Waals surface area contributed by atoms with Crippen LogP contribution in [0.25, 0.3) is 22.3 Å². The summed E-state index contributed by atoms with van der Waals surface area (Å²) in [6.45, 7) is 0.765. The van der Waals surface area contributed by atoms with E-state index in [-0.39, 0.29) is 58.6 Å². The quantitative estimate of drug-likeness (QED) is 0.246. The molecule has 1 saturated heterocycles. The Morgan fingerprint density at radius 3 is 2.73 bits per heavy atom. The van der Waals surface area contributed by atoms with Gasteiger partial charge in [-0.1, -0.05) is 12.1 Å². The highest BCUT2D eigenvalue weighted by molar-refractivity contribution is 5.99. The topological polar surface area (TPSA) is 123 Å². The smallest absolute Gasteiger partial charge is 0.264 e. The molecule has 3 heterocycles. The van der Waals surface area contributed by atoms with Gasteiger partial charge < -0.3 is 15.4 Å². The van der Waals surface area contributed by atoms with E-state index >= 15 is 4.39 Å². The predicted molar refractivity (Wildman–Crippen MR) is 143 cm³/mol. The summed E-state index contributed by atoms with van der Waals surface area (Å²) in [4.78, 5) is 23.3. The molecule has 9 nitrogen and oxygen atoms in total. The zero-order valence-electron chi connectivity index (χ0n) is 21.7. The maximum Gasteiger partial charge on any atom is 0.264 e. The number of ether oxygens (including phenoxy) is 1. The van der Waals surface area contributed by atoms with Crippen LogP contribution in [0.4, 0.5) is 19.0 Å². The number of likely N-dealkylation sites (tertiary alicyclic amines) is 1. The first kappa shape index (κ1) is 26.3. The molecule has 1 amide bonds. The van der Waals surface area contributed by atoms with E-state index < -0.39 is 17.5 Å². The number of anilines is 1. The number of nitrogens with two attached hydrogens (primary N) is 1. The molecule has 1 aliphatic heterocycles. The Hall–Kier alpha value is -4.92. The van der Waals surface area contributed by atoms with Gasteiger partial charge in [0, 0.05) is 18.2 Å². The second-order valence-corrected chi connectivity index (χ2v) is 10.1. The molecule has 208 valence electrons. The fourth-order valence-electron chi connectivity index (χ4n) is 5.09. The van der Waals surface area contributed by atoms with Gasteiger partial charge in [-0.25, -0.2) is 23.4 Å². The number of nitrogen functional groups attached to an aromatic ring is 1. The summed E-state index contributed by atoms with van der Waals surface area (Å²) in [7, 11) is 0. The van der Waals surface area contributed by atoms with Crippen LogP contribution >= 0.6 is 0 Å². The average molecular weight is 560 g/mol. The highest BCUT2D eigenvalue weighted by Gasteiger charge is 2.33. The summed E-state index contributed by atoms with van der Waals surface area (Å²) in [6.07, 6.45) is 6.47. The number of halogens is 3. The third-order valence-corrected chi connectivity index (χ3v) is 7.30. The Labute approximate surface area is 232 Å². The summed E-state index contributed by atoms with van der Waals surface area (Å²) >= 11 is 0. The lowest BCUT2D eigenvalue weighted by atomic mass is 10.1. The minimum Gasteiger partial charge on any atom is -0.454 e. The molecule has 1 saturated carbocycles. The first-order valence-corrected chi connectivity index (χ1v) is 13.2. The largest absolute Gasteiger partial charge is 0.454 e. The molecule has 0 bridgehead atoms. The predicted octanol–water partition coefficient (Wildman–Crippen LogP) is 5.14. The molecule has 41 heavy (non-hydrogen) atoms. The van der Waals surface area contributed by atoms with Crippen molar-refractivity contribution < 1.29 is 22.7 Å². The van der Waals surface area contributed by atoms with E-state index in [1.807, 2.05) is 6.07 Å². The zero-order chi connectivity index (χ0) is 28.7. The zero-order valence-corrected chi connectivity index (χ0v) is 21.7. The molecule has 2 aromatic heterocycles. The summed E-state index contributed by atoms with van der Waals surface area (Å²) in [5, 5.41) is 14.5. The molecule has 2 N–H and O–H groups in total. The first-order valence-electron chi connectivity index (χ1n) is 13.2. The normalized spacial score (nSPS) is 17.2. The Morgan fingerprint density at radius 2 is 1.98 bits per heavy atom. The van der Waals surface area contributed by atoms with Crippen molar-refractivity contribution in [1.29, 1.82) is 5.26 Å². The number of hydrogen-bond acceptors (Lipinski definition) is 7. The van der Waals surface area contributed by atoms with Crippen LogP contribution in [0.15, 0.2) is 54.4 Å². The van der Waals surface area contributed by atoms with E-state index in [1.54, 1.807) is 15.7 Å². The van der Waals surface area contributed by atoms with E-state index in [1.165, 1.54) is 30.6 Å². The molecule has 2 fully saturated rings. The van der Waals surface area contributed by atoms with Crippen molar-refractivity contribution in [3.8, 4) is 28.8 Å². The van der Waals surface area contributed by atoms with Crippen LogP contribution in [0.1, 0.15) is 25.7 Å². The molecule has 4 aromatic rings. The molecule has 0 radical (unpaired) electrons. The van der Waals surface area contributed by atoms with Crippen LogP contribution in [0.3, 0.4) is 0 Å². The minimum absolute atomic E-state index is 0.0450. The number of aromatic nitrogens is 4. The van der Waals surface area contributed by atoms with E-state index in [2.05, 4.69) is 15.1 Å². The van der Waals surface area contributed by atoms with Crippen LogP contribution in [0.5, 0.6) is 11.5 Å². The van der Waals surface area contributed by atoms with Crippen LogP contribution < -0.4 is 10.5 Å². The second kappa shape index (κ2) is 10.6. The molecule has 1 atom stereocenters. The van der Waals surface area contributed by atoms with Crippen molar-refractivity contribution in [3.05, 3.63) is 71.8 Å². The number of hydrogen-bond donors (Lipinski definition) is 1. The number of fused-ring (bicyclic) bond motifs is 1. The van der Waals surface area contributed by atoms with Gasteiger partial charge in [-0.05, 0) is 55.9 Å². The fourth-order valence-corrected chi connectivity index (χ4v) is 5.09. The lowest BCUT2D eigenvalue weighted by Gasteiger charge is -2.24. The Kier molecular flexibility index (Phi) is 6.78. The molecule has 0 unspecified atom stereocenters. The minimum atomic E-state index is -1.18. The van der Waals surface area contributed by atoms with Gasteiger partial charge in [-0.2, -0.15) is 14.8 Å². The summed E-state index contributed by atoms with van der Waals surface area (Å²) in [6, 6.07) is 9.10. The van der Waals surface area contributed by atoms with Gasteiger partial charge in [0.25, 0.3) is 5.91 Å². The summed E-state index contributed by atoms with van der Waals surface area (Å²) in [5.41, 5.74) is 6.95. The monoisotopic (exact) mass is 559 g/mol. The van der Waals surface area contributed by atoms with Crippen LogP contribution in [-0.2, 0) is 11.3 Å². The molecule has 12 heteroatoms. The lowest BCUT2D eigenvalue weighted by molar-refractivity contribution is -0.127. The van der Waals surface area contributed by atoms with Crippen LogP contribution in [0.2, 0.25) is 0 Å². The first-order chi connectivity index (χ1) is 19.8. The van der Waals surface area contributed by atoms with Crippen molar-refractivity contribution in [1.82, 2.24) is 24.6 Å². The van der Waals surface area contributed by atoms with Crippen molar-refractivity contribution in [3.63, 3.8) is 0 Å². The number of carbonyl (C=O) groups excluding carboxylic acids is 1. The standard InChI is InChI=1S/C29H24F3N7O2/c30-21-4-1-5-23(25(21)32)41-19-8-9-20(22(31)12-19)26-24-27(34)35-15-36-28(24)39(37-26)14-18-3-2-10-38(18)29(40)17(13-33)11-16-6-7-16/h1,4-5,8-9,11-12,15-16,18H,2-3,6-7,10,14H2,(H2,34,35,36)/b17-11+/t18-/m1/s1. The highest BCUT2D eigenvalue weighted by Crippen LogP contribution is 2.36. The number of nitrogens with zero attached hydrogens (tertiary/aromatic N) is 6. The van der Waals surface area contributed by atoms with E-state index in [9.17, 15) is 18.8 Å². The highest BCUT2D eigenvalue weighted by atomic mass is 19.2. The summed E-state index contributed by atoms with van der Waals surface area (Å²) in [5.74, 6) is -3.36. The van der Waals surface area contributed by atoms with E-state index in [4.69, 9.17) is 10.5 Å². The number of nitriles is 1. The molecule has 2 aromatic carbocycles. The van der Waals surface area contributed by atoms with Crippen molar-refractivity contribution in [2.75, 3.05) is 12.3 Å². The van der Waals surface area contributed by atoms with Gasteiger partial charge in [0.2, 0.25) is 5.82 Å². The van der Waals surface area contributed by atoms with Crippen molar-refractivity contribution in [2.24, 2.45) is 5.92 Å². The Bertz CT molecular complexity index is 1740. The second-order valence-electron chi connectivity index (χ2n) is 10.1. The van der Waals surface area contributed by atoms with Crippen LogP contribution in [-0.4, -0.2) is 43.1 Å². The number of carbonyl (C=O) groups is 1. The molecule has 1 aliphatic carbocycles. The van der Waals surface area contributed by atoms with Gasteiger partial charge in [-0.3, -0.25) is 4.79 Å². The van der Waals surface area contributed by atoms with E-state index in [0.29, 0.717) is 24.0 Å². The van der Waals surface area contributed by atoms with Gasteiger partial charge >= 0.3 is 0 Å². The fraction of sp³-hybridized carbons (Fsp3) is 0.276. The number of allylic oxidation sites excluding steroid dienone is 1. The number of rotatable bonds is 7. The van der Waals surface area contributed by atoms with Gasteiger partial charge in [-0.15, -0.1) is 0 Å². The molecule has 6 rings (SSSR count). The van der Waals surface area contributed by atoms with Crippen molar-refractivity contribution >= 4 is 22.8 Å². The molecule has 2 aliphatic rings.